The third-order valence-electron chi connectivity index (χ3n) is 3.33. The van der Waals surface area contributed by atoms with Crippen molar-refractivity contribution in [1.82, 2.24) is 9.13 Å². The second-order valence-corrected chi connectivity index (χ2v) is 5.25. The number of carboxylic acids is 1. The molecule has 0 saturated heterocycles. The van der Waals surface area contributed by atoms with E-state index in [1.807, 2.05) is 13.8 Å². The van der Waals surface area contributed by atoms with Gasteiger partial charge in [-0.2, -0.15) is 0 Å². The van der Waals surface area contributed by atoms with Gasteiger partial charge in [-0.15, -0.1) is 0 Å². The lowest BCUT2D eigenvalue weighted by molar-refractivity contribution is -0.137. The van der Waals surface area contributed by atoms with E-state index in [0.717, 1.165) is 0 Å². The van der Waals surface area contributed by atoms with Gasteiger partial charge in [-0.3, -0.25) is 13.9 Å². The summed E-state index contributed by atoms with van der Waals surface area (Å²) in [7, 11) is 0. The average molecular weight is 289 g/mol. The maximum atomic E-state index is 12.3. The van der Waals surface area contributed by atoms with Crippen LogP contribution in [0, 0.1) is 0 Å². The summed E-state index contributed by atoms with van der Waals surface area (Å²) in [4.78, 5) is 23.0. The number of imidazole rings is 1. The molecule has 1 aromatic heterocycles. The summed E-state index contributed by atoms with van der Waals surface area (Å²) in [5.41, 5.74) is 7.10. The van der Waals surface area contributed by atoms with Gasteiger partial charge in [0.15, 0.2) is 0 Å². The molecule has 1 heterocycles. The Balaban J connectivity index is 2.38. The molecule has 6 heteroatoms. The summed E-state index contributed by atoms with van der Waals surface area (Å²) in [5.74, 6) is -0.948. The number of rotatable bonds is 5. The molecule has 0 amide bonds. The van der Waals surface area contributed by atoms with Crippen molar-refractivity contribution in [3.05, 3.63) is 52.7 Å². The van der Waals surface area contributed by atoms with Gasteiger partial charge in [0.2, 0.25) is 0 Å². The smallest absolute Gasteiger partial charge is 0.332 e. The summed E-state index contributed by atoms with van der Waals surface area (Å²) in [6.45, 7) is 3.87. The molecular weight excluding hydrogens is 270 g/mol. The van der Waals surface area contributed by atoms with Crippen molar-refractivity contribution in [2.45, 2.75) is 32.4 Å². The predicted molar refractivity (Wildman–Crippen MR) is 79.6 cm³/mol. The predicted octanol–water partition coefficient (Wildman–Crippen LogP) is 1.69. The quantitative estimate of drug-likeness (QED) is 0.876. The number of carbonyl (C=O) groups is 1. The van der Waals surface area contributed by atoms with Crippen LogP contribution in [-0.2, 0) is 4.79 Å². The molecule has 1 aromatic carbocycles. The van der Waals surface area contributed by atoms with Crippen molar-refractivity contribution < 1.29 is 9.90 Å². The van der Waals surface area contributed by atoms with E-state index in [1.165, 1.54) is 4.57 Å². The number of aliphatic carboxylic acids is 1. The third-order valence-corrected chi connectivity index (χ3v) is 3.33. The van der Waals surface area contributed by atoms with Crippen LogP contribution in [0.3, 0.4) is 0 Å². The van der Waals surface area contributed by atoms with Crippen molar-refractivity contribution in [2.24, 2.45) is 5.73 Å². The largest absolute Gasteiger partial charge is 0.481 e. The minimum absolute atomic E-state index is 0.0798. The first kappa shape index (κ1) is 15.1. The van der Waals surface area contributed by atoms with E-state index >= 15 is 0 Å². The Bertz CT molecular complexity index is 700. The van der Waals surface area contributed by atoms with Crippen LogP contribution in [0.4, 0.5) is 0 Å². The lowest BCUT2D eigenvalue weighted by Crippen LogP contribution is -2.24. The van der Waals surface area contributed by atoms with Gasteiger partial charge in [-0.1, -0.05) is 12.1 Å². The molecule has 1 atom stereocenters. The highest BCUT2D eigenvalue weighted by atomic mass is 16.4. The Morgan fingerprint density at radius 2 is 2.05 bits per heavy atom. The maximum Gasteiger partial charge on any atom is 0.332 e. The molecule has 112 valence electrons. The molecule has 0 spiro atoms. The zero-order valence-electron chi connectivity index (χ0n) is 12.1. The monoisotopic (exact) mass is 289 g/mol. The second kappa shape index (κ2) is 5.97. The average Bonchev–Trinajstić information content (AvgIpc) is 2.80. The van der Waals surface area contributed by atoms with Gasteiger partial charge >= 0.3 is 11.7 Å². The van der Waals surface area contributed by atoms with Crippen LogP contribution in [0.5, 0.6) is 0 Å². The first-order valence-electron chi connectivity index (χ1n) is 6.77. The van der Waals surface area contributed by atoms with Crippen molar-refractivity contribution in [1.29, 1.82) is 0 Å². The zero-order valence-corrected chi connectivity index (χ0v) is 12.1. The topological polar surface area (TPSA) is 90.2 Å². The molecule has 0 fully saturated rings. The molecule has 0 aliphatic heterocycles. The van der Waals surface area contributed by atoms with E-state index in [0.29, 0.717) is 11.3 Å². The molecule has 0 bridgehead atoms. The highest BCUT2D eigenvalue weighted by Gasteiger charge is 2.13. The molecule has 21 heavy (non-hydrogen) atoms. The van der Waals surface area contributed by atoms with E-state index in [4.69, 9.17) is 10.8 Å². The summed E-state index contributed by atoms with van der Waals surface area (Å²) < 4.78 is 3.15. The molecular formula is C15H19N3O3. The van der Waals surface area contributed by atoms with Crippen molar-refractivity contribution in [2.75, 3.05) is 0 Å². The number of carboxylic acid groups (broad SMARTS) is 1. The highest BCUT2D eigenvalue weighted by molar-refractivity contribution is 5.68. The van der Waals surface area contributed by atoms with Gasteiger partial charge in [-0.25, -0.2) is 4.79 Å². The summed E-state index contributed by atoms with van der Waals surface area (Å²) >= 11 is 0. The van der Waals surface area contributed by atoms with Gasteiger partial charge in [0.1, 0.15) is 0 Å². The maximum absolute atomic E-state index is 12.3. The van der Waals surface area contributed by atoms with Gasteiger partial charge in [-0.05, 0) is 31.5 Å². The lowest BCUT2D eigenvalue weighted by Gasteiger charge is -2.11. The first-order chi connectivity index (χ1) is 9.90. The number of nitrogens with two attached hydrogens (primary N) is 1. The molecule has 0 aliphatic carbocycles. The number of benzene rings is 1. The standard InChI is InChI=1S/C15H19N3O3/c1-10(2)17-6-7-18(15(17)21)12-5-3-4-11(8-12)13(16)9-14(19)20/h3-8,10,13H,9,16H2,1-2H3,(H,19,20). The van der Waals surface area contributed by atoms with Crippen LogP contribution in [0.2, 0.25) is 0 Å². The van der Waals surface area contributed by atoms with E-state index in [-0.39, 0.29) is 18.2 Å². The van der Waals surface area contributed by atoms with Gasteiger partial charge in [0, 0.05) is 24.5 Å². The van der Waals surface area contributed by atoms with Crippen molar-refractivity contribution in [3.8, 4) is 5.69 Å². The Labute approximate surface area is 122 Å². The van der Waals surface area contributed by atoms with Crippen LogP contribution >= 0.6 is 0 Å². The Kier molecular flexibility index (Phi) is 4.28. The molecule has 2 aromatic rings. The molecule has 0 saturated carbocycles. The fraction of sp³-hybridized carbons (Fsp3) is 0.333. The summed E-state index contributed by atoms with van der Waals surface area (Å²) in [6.07, 6.45) is 3.28. The number of nitrogens with zero attached hydrogens (tertiary/aromatic N) is 2. The van der Waals surface area contributed by atoms with Crippen molar-refractivity contribution in [3.63, 3.8) is 0 Å². The number of hydrogen-bond acceptors (Lipinski definition) is 3. The summed E-state index contributed by atoms with van der Waals surface area (Å²) in [5, 5.41) is 8.80. The lowest BCUT2D eigenvalue weighted by atomic mass is 10.0. The molecule has 0 aliphatic rings. The molecule has 2 rings (SSSR count). The second-order valence-electron chi connectivity index (χ2n) is 5.25. The SMILES string of the molecule is CC(C)n1ccn(-c2cccc(C(N)CC(=O)O)c2)c1=O. The van der Waals surface area contributed by atoms with Crippen LogP contribution in [0.15, 0.2) is 41.5 Å². The van der Waals surface area contributed by atoms with Crippen molar-refractivity contribution >= 4 is 5.97 Å². The van der Waals surface area contributed by atoms with E-state index in [9.17, 15) is 9.59 Å². The molecule has 6 nitrogen and oxygen atoms in total. The van der Waals surface area contributed by atoms with Crippen LogP contribution in [0.25, 0.3) is 5.69 Å². The van der Waals surface area contributed by atoms with Gasteiger partial charge in [0.25, 0.3) is 0 Å². The zero-order chi connectivity index (χ0) is 15.6. The molecule has 0 radical (unpaired) electrons. The Morgan fingerprint density at radius 3 is 2.62 bits per heavy atom. The fourth-order valence-corrected chi connectivity index (χ4v) is 2.19. The number of hydrogen-bond donors (Lipinski definition) is 2. The Hall–Kier alpha value is -2.34. The minimum Gasteiger partial charge on any atom is -0.481 e. The van der Waals surface area contributed by atoms with E-state index in [2.05, 4.69) is 0 Å². The van der Waals surface area contributed by atoms with E-state index in [1.54, 1.807) is 41.2 Å². The fourth-order valence-electron chi connectivity index (χ4n) is 2.19. The van der Waals surface area contributed by atoms with Crippen LogP contribution in [-0.4, -0.2) is 20.2 Å². The number of aromatic nitrogens is 2. The molecule has 1 unspecified atom stereocenters. The van der Waals surface area contributed by atoms with Crippen LogP contribution in [0.1, 0.15) is 37.9 Å². The third kappa shape index (κ3) is 3.22. The summed E-state index contributed by atoms with van der Waals surface area (Å²) in [6, 6.07) is 6.57. The van der Waals surface area contributed by atoms with Gasteiger partial charge < -0.3 is 10.8 Å². The Morgan fingerprint density at radius 1 is 1.33 bits per heavy atom. The normalized spacial score (nSPS) is 12.6. The van der Waals surface area contributed by atoms with Gasteiger partial charge in [0.05, 0.1) is 12.1 Å². The molecule has 3 N–H and O–H groups in total. The van der Waals surface area contributed by atoms with Crippen LogP contribution < -0.4 is 11.4 Å². The first-order valence-corrected chi connectivity index (χ1v) is 6.77. The van der Waals surface area contributed by atoms with E-state index < -0.39 is 12.0 Å². The highest BCUT2D eigenvalue weighted by Crippen LogP contribution is 2.17. The minimum atomic E-state index is -0.948.